The van der Waals surface area contributed by atoms with Crippen molar-refractivity contribution in [2.24, 2.45) is 0 Å². The molecule has 0 heterocycles. The van der Waals surface area contributed by atoms with Crippen molar-refractivity contribution in [2.75, 3.05) is 27.4 Å². The average molecular weight is 264 g/mol. The number of hydrogen-bond donors (Lipinski definition) is 0. The van der Waals surface area contributed by atoms with Crippen LogP contribution >= 0.6 is 0 Å². The Morgan fingerprint density at radius 3 is 2.68 bits per heavy atom. The van der Waals surface area contributed by atoms with E-state index in [1.165, 1.54) is 6.08 Å². The van der Waals surface area contributed by atoms with Crippen molar-refractivity contribution in [1.29, 1.82) is 0 Å². The number of hydrogen-bond acceptors (Lipinski definition) is 4. The molecule has 1 atom stereocenters. The lowest BCUT2D eigenvalue weighted by Gasteiger charge is -2.17. The number of rotatable bonds is 7. The summed E-state index contributed by atoms with van der Waals surface area (Å²) in [4.78, 5) is 11.3. The number of carbonyl (C=O) groups is 1. The van der Waals surface area contributed by atoms with Crippen molar-refractivity contribution in [3.63, 3.8) is 0 Å². The van der Waals surface area contributed by atoms with Crippen molar-refractivity contribution in [3.05, 3.63) is 41.5 Å². The van der Waals surface area contributed by atoms with E-state index >= 15 is 0 Å². The topological polar surface area (TPSA) is 44.8 Å². The minimum absolute atomic E-state index is 0.159. The quantitative estimate of drug-likeness (QED) is 0.561. The Bertz CT molecular complexity index is 426. The van der Waals surface area contributed by atoms with Gasteiger partial charge in [0.15, 0.2) is 0 Å². The van der Waals surface area contributed by atoms with Crippen molar-refractivity contribution in [2.45, 2.75) is 13.0 Å². The van der Waals surface area contributed by atoms with Gasteiger partial charge in [-0.05, 0) is 24.1 Å². The zero-order valence-corrected chi connectivity index (χ0v) is 11.6. The highest BCUT2D eigenvalue weighted by atomic mass is 16.5. The van der Waals surface area contributed by atoms with Gasteiger partial charge < -0.3 is 14.2 Å². The van der Waals surface area contributed by atoms with Gasteiger partial charge in [-0.25, -0.2) is 4.79 Å². The van der Waals surface area contributed by atoms with Crippen molar-refractivity contribution < 1.29 is 19.0 Å². The predicted octanol–water partition coefficient (Wildman–Crippen LogP) is 2.60. The van der Waals surface area contributed by atoms with Crippen LogP contribution < -0.4 is 0 Å². The van der Waals surface area contributed by atoms with Crippen LogP contribution in [0.1, 0.15) is 24.2 Å². The van der Waals surface area contributed by atoms with E-state index in [2.05, 4.69) is 0 Å². The number of esters is 1. The minimum Gasteiger partial charge on any atom is -0.463 e. The molecule has 0 bridgehead atoms. The summed E-state index contributed by atoms with van der Waals surface area (Å²) in [6, 6.07) is 7.72. The summed E-state index contributed by atoms with van der Waals surface area (Å²) in [5.74, 6) is -0.349. The van der Waals surface area contributed by atoms with Crippen molar-refractivity contribution >= 4 is 12.0 Å². The number of methoxy groups -OCH3 is 2. The molecule has 1 aromatic carbocycles. The highest BCUT2D eigenvalue weighted by molar-refractivity contribution is 5.87. The molecule has 0 fully saturated rings. The fourth-order valence-electron chi connectivity index (χ4n) is 1.74. The molecule has 0 aliphatic rings. The molecule has 1 unspecified atom stereocenters. The van der Waals surface area contributed by atoms with Crippen LogP contribution in [0.4, 0.5) is 0 Å². The van der Waals surface area contributed by atoms with E-state index in [1.54, 1.807) is 27.2 Å². The maximum atomic E-state index is 11.3. The molecule has 4 nitrogen and oxygen atoms in total. The first kappa shape index (κ1) is 15.4. The van der Waals surface area contributed by atoms with E-state index in [-0.39, 0.29) is 12.1 Å². The lowest BCUT2D eigenvalue weighted by Crippen LogP contribution is -2.10. The molecule has 0 amide bonds. The van der Waals surface area contributed by atoms with Crippen LogP contribution in [0.3, 0.4) is 0 Å². The van der Waals surface area contributed by atoms with E-state index < -0.39 is 0 Å². The molecule has 4 heteroatoms. The molecule has 1 rings (SSSR count). The number of benzene rings is 1. The van der Waals surface area contributed by atoms with E-state index in [0.717, 1.165) is 11.1 Å². The Morgan fingerprint density at radius 1 is 1.32 bits per heavy atom. The molecule has 0 saturated carbocycles. The van der Waals surface area contributed by atoms with E-state index in [4.69, 9.17) is 14.2 Å². The van der Waals surface area contributed by atoms with Gasteiger partial charge in [-0.3, -0.25) is 0 Å². The molecule has 0 N–H and O–H groups in total. The third kappa shape index (κ3) is 4.85. The zero-order chi connectivity index (χ0) is 14.1. The summed E-state index contributed by atoms with van der Waals surface area (Å²) in [6.45, 7) is 2.61. The summed E-state index contributed by atoms with van der Waals surface area (Å²) in [7, 11) is 3.26. The van der Waals surface area contributed by atoms with Gasteiger partial charge in [0, 0.05) is 20.3 Å². The van der Waals surface area contributed by atoms with E-state index in [9.17, 15) is 4.79 Å². The number of carbonyl (C=O) groups excluding carboxylic acids is 1. The summed E-state index contributed by atoms with van der Waals surface area (Å²) >= 11 is 0. The second-order valence-electron chi connectivity index (χ2n) is 3.89. The summed E-state index contributed by atoms with van der Waals surface area (Å²) in [5.41, 5.74) is 1.90. The maximum absolute atomic E-state index is 11.3. The second-order valence-corrected chi connectivity index (χ2v) is 3.89. The van der Waals surface area contributed by atoms with Gasteiger partial charge in [-0.2, -0.15) is 0 Å². The van der Waals surface area contributed by atoms with Crippen molar-refractivity contribution in [1.82, 2.24) is 0 Å². The van der Waals surface area contributed by atoms with Crippen LogP contribution in [-0.4, -0.2) is 33.4 Å². The largest absolute Gasteiger partial charge is 0.463 e. The van der Waals surface area contributed by atoms with Crippen LogP contribution in [0, 0.1) is 0 Å². The van der Waals surface area contributed by atoms with Gasteiger partial charge >= 0.3 is 5.97 Å². The number of ether oxygens (including phenoxy) is 3. The molecule has 1 aromatic rings. The third-order valence-electron chi connectivity index (χ3n) is 2.63. The van der Waals surface area contributed by atoms with Crippen LogP contribution in [0.15, 0.2) is 30.3 Å². The molecule has 0 spiro atoms. The summed E-state index contributed by atoms with van der Waals surface area (Å²) in [6.07, 6.45) is 2.99. The smallest absolute Gasteiger partial charge is 0.330 e. The SMILES string of the molecule is CCOC(=O)/C=C/c1ccccc1C(COC)OC. The third-order valence-corrected chi connectivity index (χ3v) is 2.63. The molecule has 19 heavy (non-hydrogen) atoms. The zero-order valence-electron chi connectivity index (χ0n) is 11.6. The molecule has 0 aromatic heterocycles. The Balaban J connectivity index is 2.91. The van der Waals surface area contributed by atoms with Gasteiger partial charge in [-0.15, -0.1) is 0 Å². The first-order chi connectivity index (χ1) is 9.22. The minimum atomic E-state index is -0.349. The molecule has 0 aliphatic heterocycles. The molecular formula is C15H20O4. The van der Waals surface area contributed by atoms with Crippen LogP contribution in [0.5, 0.6) is 0 Å². The first-order valence-electron chi connectivity index (χ1n) is 6.18. The van der Waals surface area contributed by atoms with Crippen LogP contribution in [0.25, 0.3) is 6.08 Å². The lowest BCUT2D eigenvalue weighted by molar-refractivity contribution is -0.137. The Labute approximate surface area is 114 Å². The Kier molecular flexibility index (Phi) is 6.85. The van der Waals surface area contributed by atoms with Gasteiger partial charge in [0.05, 0.1) is 13.2 Å². The monoisotopic (exact) mass is 264 g/mol. The molecule has 0 saturated heterocycles. The van der Waals surface area contributed by atoms with Crippen LogP contribution in [0.2, 0.25) is 0 Å². The molecule has 104 valence electrons. The summed E-state index contributed by atoms with van der Waals surface area (Å²) in [5, 5.41) is 0. The van der Waals surface area contributed by atoms with E-state index in [0.29, 0.717) is 13.2 Å². The van der Waals surface area contributed by atoms with Crippen LogP contribution in [-0.2, 0) is 19.0 Å². The Morgan fingerprint density at radius 2 is 2.05 bits per heavy atom. The highest BCUT2D eigenvalue weighted by Gasteiger charge is 2.12. The molecular weight excluding hydrogens is 244 g/mol. The van der Waals surface area contributed by atoms with Gasteiger partial charge in [0.1, 0.15) is 6.10 Å². The maximum Gasteiger partial charge on any atom is 0.330 e. The van der Waals surface area contributed by atoms with Gasteiger partial charge in [0.2, 0.25) is 0 Å². The van der Waals surface area contributed by atoms with E-state index in [1.807, 2.05) is 24.3 Å². The fraction of sp³-hybridized carbons (Fsp3) is 0.400. The van der Waals surface area contributed by atoms with Gasteiger partial charge in [-0.1, -0.05) is 24.3 Å². The first-order valence-corrected chi connectivity index (χ1v) is 6.18. The average Bonchev–Trinajstić information content (AvgIpc) is 2.43. The van der Waals surface area contributed by atoms with Crippen molar-refractivity contribution in [3.8, 4) is 0 Å². The highest BCUT2D eigenvalue weighted by Crippen LogP contribution is 2.22. The molecule has 0 aliphatic carbocycles. The standard InChI is InChI=1S/C15H20O4/c1-4-19-15(16)10-9-12-7-5-6-8-13(12)14(18-3)11-17-2/h5-10,14H,4,11H2,1-3H3/b10-9+. The Hall–Kier alpha value is -1.65. The van der Waals surface area contributed by atoms with Gasteiger partial charge in [0.25, 0.3) is 0 Å². The second kappa shape index (κ2) is 8.45. The summed E-state index contributed by atoms with van der Waals surface area (Å²) < 4.78 is 15.4. The normalized spacial score (nSPS) is 12.6. The fourth-order valence-corrected chi connectivity index (χ4v) is 1.74. The predicted molar refractivity (Wildman–Crippen MR) is 73.7 cm³/mol. The molecule has 0 radical (unpaired) electrons. The lowest BCUT2D eigenvalue weighted by atomic mass is 10.0.